The number of hydrogen-bond donors (Lipinski definition) is 2. The van der Waals surface area contributed by atoms with Gasteiger partial charge in [0.2, 0.25) is 0 Å². The molecule has 0 radical (unpaired) electrons. The predicted molar refractivity (Wildman–Crippen MR) is 49.6 cm³/mol. The normalized spacial score (nSPS) is 11.9. The molecule has 1 rings (SSSR count). The van der Waals surface area contributed by atoms with Gasteiger partial charge in [0.15, 0.2) is 0 Å². The SMILES string of the molecule is Cl.NC[C@@H](N)c1ccc(F)cc1. The smallest absolute Gasteiger partial charge is 0.123 e. The molecule has 0 aliphatic rings. The van der Waals surface area contributed by atoms with Gasteiger partial charge in [-0.3, -0.25) is 0 Å². The van der Waals surface area contributed by atoms with E-state index in [4.69, 9.17) is 11.5 Å². The third-order valence-electron chi connectivity index (χ3n) is 1.55. The Morgan fingerprint density at radius 2 is 1.75 bits per heavy atom. The number of halogens is 2. The fourth-order valence-corrected chi connectivity index (χ4v) is 0.846. The van der Waals surface area contributed by atoms with E-state index >= 15 is 0 Å². The highest BCUT2D eigenvalue weighted by molar-refractivity contribution is 5.85. The Bertz CT molecular complexity index is 225. The largest absolute Gasteiger partial charge is 0.329 e. The fourth-order valence-electron chi connectivity index (χ4n) is 0.846. The third-order valence-corrected chi connectivity index (χ3v) is 1.55. The molecule has 0 aliphatic heterocycles. The fraction of sp³-hybridized carbons (Fsp3) is 0.250. The second kappa shape index (κ2) is 5.09. The van der Waals surface area contributed by atoms with Gasteiger partial charge in [-0.15, -0.1) is 12.4 Å². The molecule has 1 aromatic rings. The molecule has 0 spiro atoms. The highest BCUT2D eigenvalue weighted by atomic mass is 35.5. The van der Waals surface area contributed by atoms with E-state index in [2.05, 4.69) is 0 Å². The molecule has 0 bridgehead atoms. The van der Waals surface area contributed by atoms with Crippen LogP contribution in [-0.4, -0.2) is 6.54 Å². The number of rotatable bonds is 2. The highest BCUT2D eigenvalue weighted by Crippen LogP contribution is 2.08. The molecule has 0 aromatic heterocycles. The van der Waals surface area contributed by atoms with Gasteiger partial charge in [-0.05, 0) is 17.7 Å². The van der Waals surface area contributed by atoms with Gasteiger partial charge in [-0.2, -0.15) is 0 Å². The van der Waals surface area contributed by atoms with Gasteiger partial charge in [0.25, 0.3) is 0 Å². The minimum atomic E-state index is -0.252. The monoisotopic (exact) mass is 190 g/mol. The molecule has 0 saturated heterocycles. The Morgan fingerprint density at radius 3 is 2.17 bits per heavy atom. The van der Waals surface area contributed by atoms with Crippen molar-refractivity contribution < 1.29 is 4.39 Å². The molecule has 4 heteroatoms. The Balaban J connectivity index is 0.00000121. The Morgan fingerprint density at radius 1 is 1.25 bits per heavy atom. The number of hydrogen-bond acceptors (Lipinski definition) is 2. The molecule has 68 valence electrons. The summed E-state index contributed by atoms with van der Waals surface area (Å²) in [6.45, 7) is 0.381. The Hall–Kier alpha value is -0.640. The maximum atomic E-state index is 12.4. The highest BCUT2D eigenvalue weighted by Gasteiger charge is 2.01. The van der Waals surface area contributed by atoms with Crippen molar-refractivity contribution in [2.75, 3.05) is 6.54 Å². The van der Waals surface area contributed by atoms with Crippen LogP contribution in [0.1, 0.15) is 11.6 Å². The van der Waals surface area contributed by atoms with Crippen molar-refractivity contribution in [1.29, 1.82) is 0 Å². The van der Waals surface area contributed by atoms with E-state index in [1.165, 1.54) is 12.1 Å². The number of nitrogens with two attached hydrogens (primary N) is 2. The molecular formula is C8H12ClFN2. The van der Waals surface area contributed by atoms with E-state index < -0.39 is 0 Å². The van der Waals surface area contributed by atoms with Gasteiger partial charge < -0.3 is 11.5 Å². The van der Waals surface area contributed by atoms with Crippen molar-refractivity contribution in [2.45, 2.75) is 6.04 Å². The van der Waals surface area contributed by atoms with Gasteiger partial charge in [-0.1, -0.05) is 12.1 Å². The molecule has 0 amide bonds. The summed E-state index contributed by atoms with van der Waals surface area (Å²) in [7, 11) is 0. The van der Waals surface area contributed by atoms with Crippen LogP contribution in [0.2, 0.25) is 0 Å². The lowest BCUT2D eigenvalue weighted by Crippen LogP contribution is -2.20. The summed E-state index contributed by atoms with van der Waals surface area (Å²) < 4.78 is 12.4. The lowest BCUT2D eigenvalue weighted by atomic mass is 10.1. The molecular weight excluding hydrogens is 179 g/mol. The van der Waals surface area contributed by atoms with Crippen LogP contribution < -0.4 is 11.5 Å². The Labute approximate surface area is 77.2 Å². The second-order valence-electron chi connectivity index (χ2n) is 2.39. The second-order valence-corrected chi connectivity index (χ2v) is 2.39. The van der Waals surface area contributed by atoms with Crippen LogP contribution in [0.5, 0.6) is 0 Å². The topological polar surface area (TPSA) is 52.0 Å². The molecule has 12 heavy (non-hydrogen) atoms. The molecule has 0 fully saturated rings. The molecule has 2 nitrogen and oxygen atoms in total. The zero-order valence-electron chi connectivity index (χ0n) is 6.53. The third kappa shape index (κ3) is 2.77. The van der Waals surface area contributed by atoms with E-state index in [0.29, 0.717) is 6.54 Å². The first-order valence-corrected chi connectivity index (χ1v) is 3.45. The molecule has 0 heterocycles. The Kier molecular flexibility index (Phi) is 4.81. The van der Waals surface area contributed by atoms with Gasteiger partial charge in [0.05, 0.1) is 0 Å². The molecule has 0 unspecified atom stereocenters. The van der Waals surface area contributed by atoms with Crippen molar-refractivity contribution in [3.05, 3.63) is 35.6 Å². The van der Waals surface area contributed by atoms with Crippen LogP contribution in [0.3, 0.4) is 0 Å². The summed E-state index contributed by atoms with van der Waals surface area (Å²) in [5.74, 6) is -0.252. The van der Waals surface area contributed by atoms with Crippen LogP contribution >= 0.6 is 12.4 Å². The molecule has 1 atom stereocenters. The van der Waals surface area contributed by atoms with Gasteiger partial charge in [-0.25, -0.2) is 4.39 Å². The van der Waals surface area contributed by atoms with Crippen molar-refractivity contribution in [1.82, 2.24) is 0 Å². The van der Waals surface area contributed by atoms with Crippen molar-refractivity contribution in [3.8, 4) is 0 Å². The van der Waals surface area contributed by atoms with E-state index in [-0.39, 0.29) is 24.3 Å². The molecule has 0 aliphatic carbocycles. The zero-order valence-corrected chi connectivity index (χ0v) is 7.35. The minimum absolute atomic E-state index is 0. The lowest BCUT2D eigenvalue weighted by molar-refractivity contribution is 0.625. The standard InChI is InChI=1S/C8H11FN2.ClH/c9-7-3-1-6(2-4-7)8(11)5-10;/h1-4,8H,5,10-11H2;1H/t8-;/m1./s1. The first kappa shape index (κ1) is 11.4. The summed E-state index contributed by atoms with van der Waals surface area (Å²) in [4.78, 5) is 0. The summed E-state index contributed by atoms with van der Waals surface area (Å²) in [5, 5.41) is 0. The maximum Gasteiger partial charge on any atom is 0.123 e. The van der Waals surface area contributed by atoms with Crippen molar-refractivity contribution >= 4 is 12.4 Å². The first-order valence-electron chi connectivity index (χ1n) is 3.45. The minimum Gasteiger partial charge on any atom is -0.329 e. The van der Waals surface area contributed by atoms with E-state index in [9.17, 15) is 4.39 Å². The summed E-state index contributed by atoms with van der Waals surface area (Å²) in [6.07, 6.45) is 0. The quantitative estimate of drug-likeness (QED) is 0.737. The van der Waals surface area contributed by atoms with E-state index in [1.54, 1.807) is 12.1 Å². The average Bonchev–Trinajstić information content (AvgIpc) is 2.05. The van der Waals surface area contributed by atoms with Crippen LogP contribution in [0.4, 0.5) is 4.39 Å². The summed E-state index contributed by atoms with van der Waals surface area (Å²) >= 11 is 0. The molecule has 0 saturated carbocycles. The maximum absolute atomic E-state index is 12.4. The van der Waals surface area contributed by atoms with Crippen LogP contribution in [0.15, 0.2) is 24.3 Å². The molecule has 1 aromatic carbocycles. The van der Waals surface area contributed by atoms with Crippen LogP contribution in [0, 0.1) is 5.82 Å². The number of benzene rings is 1. The molecule has 4 N–H and O–H groups in total. The van der Waals surface area contributed by atoms with Crippen molar-refractivity contribution in [3.63, 3.8) is 0 Å². The van der Waals surface area contributed by atoms with Crippen LogP contribution in [-0.2, 0) is 0 Å². The van der Waals surface area contributed by atoms with Crippen LogP contribution in [0.25, 0.3) is 0 Å². The predicted octanol–water partition coefficient (Wildman–Crippen LogP) is 1.21. The van der Waals surface area contributed by atoms with Gasteiger partial charge in [0, 0.05) is 12.6 Å². The van der Waals surface area contributed by atoms with Gasteiger partial charge in [0.1, 0.15) is 5.82 Å². The van der Waals surface area contributed by atoms with Crippen molar-refractivity contribution in [2.24, 2.45) is 11.5 Å². The lowest BCUT2D eigenvalue weighted by Gasteiger charge is -2.07. The summed E-state index contributed by atoms with van der Waals surface area (Å²) in [5.41, 5.74) is 11.8. The van der Waals surface area contributed by atoms with E-state index in [0.717, 1.165) is 5.56 Å². The van der Waals surface area contributed by atoms with E-state index in [1.807, 2.05) is 0 Å². The summed E-state index contributed by atoms with van der Waals surface area (Å²) in [6, 6.07) is 5.87. The van der Waals surface area contributed by atoms with Gasteiger partial charge >= 0.3 is 0 Å². The zero-order chi connectivity index (χ0) is 8.27. The average molecular weight is 191 g/mol. The first-order chi connectivity index (χ1) is 5.24.